The van der Waals surface area contributed by atoms with Gasteiger partial charge in [0.15, 0.2) is 0 Å². The molecule has 1 rings (SSSR count). The molecule has 1 fully saturated rings. The van der Waals surface area contributed by atoms with E-state index in [2.05, 4.69) is 38.2 Å². The zero-order valence-corrected chi connectivity index (χ0v) is 11.9. The topological polar surface area (TPSA) is 32.3 Å². The highest BCUT2D eigenvalue weighted by atomic mass is 16.1. The molecule has 0 radical (unpaired) electrons. The van der Waals surface area contributed by atoms with Crippen molar-refractivity contribution in [1.29, 1.82) is 0 Å². The molecule has 3 heteroatoms. The third-order valence-corrected chi connectivity index (χ3v) is 3.46. The highest BCUT2D eigenvalue weighted by Gasteiger charge is 2.24. The molecule has 3 nitrogen and oxygen atoms in total. The van der Waals surface area contributed by atoms with Crippen molar-refractivity contribution in [2.24, 2.45) is 11.3 Å². The van der Waals surface area contributed by atoms with E-state index in [-0.39, 0.29) is 17.2 Å². The minimum Gasteiger partial charge on any atom is -0.355 e. The molecular weight excluding hydrogens is 212 g/mol. The number of carbonyl (C=O) groups is 1. The molecule has 1 amide bonds. The van der Waals surface area contributed by atoms with Crippen molar-refractivity contribution in [2.75, 3.05) is 27.2 Å². The van der Waals surface area contributed by atoms with Gasteiger partial charge in [0.2, 0.25) is 5.91 Å². The Hall–Kier alpha value is -0.570. The number of carbonyl (C=O) groups excluding carboxylic acids is 1. The quantitative estimate of drug-likeness (QED) is 0.799. The maximum absolute atomic E-state index is 12.0. The van der Waals surface area contributed by atoms with Crippen molar-refractivity contribution in [3.05, 3.63) is 0 Å². The van der Waals surface area contributed by atoms with Gasteiger partial charge >= 0.3 is 0 Å². The molecule has 1 saturated carbocycles. The van der Waals surface area contributed by atoms with Crippen LogP contribution in [0.1, 0.15) is 46.0 Å². The van der Waals surface area contributed by atoms with Gasteiger partial charge in [0.25, 0.3) is 0 Å². The number of hydrogen-bond acceptors (Lipinski definition) is 2. The minimum absolute atomic E-state index is 0.147. The summed E-state index contributed by atoms with van der Waals surface area (Å²) in [5.74, 6) is 0.551. The van der Waals surface area contributed by atoms with Crippen LogP contribution in [0.2, 0.25) is 0 Å². The van der Waals surface area contributed by atoms with E-state index in [4.69, 9.17) is 0 Å². The Morgan fingerprint density at radius 1 is 1.24 bits per heavy atom. The Morgan fingerprint density at radius 2 is 1.82 bits per heavy atom. The molecule has 0 atom stereocenters. The summed E-state index contributed by atoms with van der Waals surface area (Å²) in [6.45, 7) is 6.18. The molecule has 0 aliphatic heterocycles. The van der Waals surface area contributed by atoms with Crippen LogP contribution in [0, 0.1) is 11.3 Å². The fraction of sp³-hybridized carbons (Fsp3) is 0.929. The number of amides is 1. The minimum atomic E-state index is 0.147. The Morgan fingerprint density at radius 3 is 2.35 bits per heavy atom. The summed E-state index contributed by atoms with van der Waals surface area (Å²) in [6.07, 6.45) is 5.91. The van der Waals surface area contributed by atoms with E-state index in [1.54, 1.807) is 0 Å². The first-order chi connectivity index (χ1) is 7.91. The van der Waals surface area contributed by atoms with Crippen molar-refractivity contribution >= 4 is 5.91 Å². The van der Waals surface area contributed by atoms with E-state index in [1.807, 2.05) is 0 Å². The molecule has 1 N–H and O–H groups in total. The van der Waals surface area contributed by atoms with Crippen molar-refractivity contribution in [3.63, 3.8) is 0 Å². The number of nitrogens with one attached hydrogen (secondary N) is 1. The average molecular weight is 240 g/mol. The molecule has 0 unspecified atom stereocenters. The fourth-order valence-corrected chi connectivity index (χ4v) is 2.75. The number of nitrogens with zero attached hydrogens (tertiary/aromatic N) is 1. The van der Waals surface area contributed by atoms with Crippen LogP contribution in [0.15, 0.2) is 0 Å². The molecule has 1 aliphatic rings. The third kappa shape index (κ3) is 5.53. The fourth-order valence-electron chi connectivity index (χ4n) is 2.75. The molecular formula is C14H28N2O. The molecule has 0 aromatic carbocycles. The Balaban J connectivity index is 2.31. The monoisotopic (exact) mass is 240 g/mol. The van der Waals surface area contributed by atoms with Gasteiger partial charge in [0.1, 0.15) is 0 Å². The summed E-state index contributed by atoms with van der Waals surface area (Å²) in [5.41, 5.74) is 0.147. The van der Waals surface area contributed by atoms with E-state index in [1.165, 1.54) is 19.3 Å². The van der Waals surface area contributed by atoms with Crippen molar-refractivity contribution in [1.82, 2.24) is 10.2 Å². The second-order valence-electron chi connectivity index (χ2n) is 6.45. The van der Waals surface area contributed by atoms with Gasteiger partial charge < -0.3 is 10.2 Å². The van der Waals surface area contributed by atoms with Crippen LogP contribution >= 0.6 is 0 Å². The predicted molar refractivity (Wildman–Crippen MR) is 71.9 cm³/mol. The van der Waals surface area contributed by atoms with E-state index in [9.17, 15) is 4.79 Å². The van der Waals surface area contributed by atoms with Gasteiger partial charge in [-0.05, 0) is 32.4 Å². The van der Waals surface area contributed by atoms with Gasteiger partial charge in [-0.1, -0.05) is 33.1 Å². The maximum Gasteiger partial charge on any atom is 0.223 e. The van der Waals surface area contributed by atoms with Gasteiger partial charge in [-0.25, -0.2) is 0 Å². The largest absolute Gasteiger partial charge is 0.355 e. The first kappa shape index (κ1) is 14.5. The van der Waals surface area contributed by atoms with E-state index >= 15 is 0 Å². The lowest BCUT2D eigenvalue weighted by molar-refractivity contribution is -0.126. The molecule has 0 aromatic heterocycles. The molecule has 1 aliphatic carbocycles. The average Bonchev–Trinajstić information content (AvgIpc) is 2.25. The van der Waals surface area contributed by atoms with Crippen LogP contribution < -0.4 is 5.32 Å². The summed E-state index contributed by atoms with van der Waals surface area (Å²) in [7, 11) is 4.15. The van der Waals surface area contributed by atoms with Crippen LogP contribution in [0.5, 0.6) is 0 Å². The summed E-state index contributed by atoms with van der Waals surface area (Å²) in [5, 5.41) is 3.13. The summed E-state index contributed by atoms with van der Waals surface area (Å²) in [4.78, 5) is 14.2. The van der Waals surface area contributed by atoms with Gasteiger partial charge in [0.05, 0.1) is 0 Å². The molecule has 0 spiro atoms. The van der Waals surface area contributed by atoms with Crippen LogP contribution in [0.3, 0.4) is 0 Å². The van der Waals surface area contributed by atoms with Gasteiger partial charge in [-0.2, -0.15) is 0 Å². The highest BCUT2D eigenvalue weighted by molar-refractivity contribution is 5.78. The first-order valence-corrected chi connectivity index (χ1v) is 6.83. The Labute approximate surface area is 106 Å². The zero-order valence-electron chi connectivity index (χ0n) is 11.9. The summed E-state index contributed by atoms with van der Waals surface area (Å²) in [6, 6.07) is 0. The first-order valence-electron chi connectivity index (χ1n) is 6.83. The third-order valence-electron chi connectivity index (χ3n) is 3.46. The van der Waals surface area contributed by atoms with E-state index in [0.717, 1.165) is 25.9 Å². The second kappa shape index (κ2) is 6.39. The smallest absolute Gasteiger partial charge is 0.223 e. The Bertz CT molecular complexity index is 243. The lowest BCUT2D eigenvalue weighted by atomic mass is 9.88. The molecule has 0 saturated heterocycles. The molecule has 100 valence electrons. The number of hydrogen-bond donors (Lipinski definition) is 1. The molecule has 0 aromatic rings. The number of rotatable bonds is 5. The highest BCUT2D eigenvalue weighted by Crippen LogP contribution is 2.24. The van der Waals surface area contributed by atoms with Gasteiger partial charge in [-0.3, -0.25) is 4.79 Å². The molecule has 17 heavy (non-hydrogen) atoms. The predicted octanol–water partition coefficient (Wildman–Crippen LogP) is 2.27. The van der Waals surface area contributed by atoms with E-state index < -0.39 is 0 Å². The van der Waals surface area contributed by atoms with E-state index in [0.29, 0.717) is 0 Å². The summed E-state index contributed by atoms with van der Waals surface area (Å²) < 4.78 is 0. The van der Waals surface area contributed by atoms with Crippen LogP contribution in [-0.4, -0.2) is 38.0 Å². The van der Waals surface area contributed by atoms with Gasteiger partial charge in [0, 0.05) is 19.0 Å². The van der Waals surface area contributed by atoms with Gasteiger partial charge in [-0.15, -0.1) is 0 Å². The molecule has 0 heterocycles. The van der Waals surface area contributed by atoms with Crippen LogP contribution in [-0.2, 0) is 4.79 Å². The zero-order chi connectivity index (χ0) is 12.9. The SMILES string of the molecule is CN(C)CC(C)(C)CNC(=O)C1CCCCC1. The normalized spacial score (nSPS) is 18.4. The summed E-state index contributed by atoms with van der Waals surface area (Å²) >= 11 is 0. The lowest BCUT2D eigenvalue weighted by Gasteiger charge is -2.30. The lowest BCUT2D eigenvalue weighted by Crippen LogP contribution is -2.42. The molecule has 0 bridgehead atoms. The second-order valence-corrected chi connectivity index (χ2v) is 6.45. The van der Waals surface area contributed by atoms with Crippen LogP contribution in [0.4, 0.5) is 0 Å². The van der Waals surface area contributed by atoms with Crippen molar-refractivity contribution in [3.8, 4) is 0 Å². The maximum atomic E-state index is 12.0. The van der Waals surface area contributed by atoms with Crippen molar-refractivity contribution in [2.45, 2.75) is 46.0 Å². The van der Waals surface area contributed by atoms with Crippen LogP contribution in [0.25, 0.3) is 0 Å². The standard InChI is InChI=1S/C14H28N2O/c1-14(2,11-16(3)4)10-15-13(17)12-8-6-5-7-9-12/h12H,5-11H2,1-4H3,(H,15,17). The van der Waals surface area contributed by atoms with Crippen molar-refractivity contribution < 1.29 is 4.79 Å². The Kier molecular flexibility index (Phi) is 5.44.